The fourth-order valence-corrected chi connectivity index (χ4v) is 4.15. The summed E-state index contributed by atoms with van der Waals surface area (Å²) in [5, 5.41) is 2.69. The van der Waals surface area contributed by atoms with Crippen LogP contribution < -0.4 is 0 Å². The van der Waals surface area contributed by atoms with E-state index in [9.17, 15) is 0 Å². The third kappa shape index (κ3) is 8.12. The van der Waals surface area contributed by atoms with Crippen molar-refractivity contribution in [3.63, 3.8) is 0 Å². The average molecular weight is 591 g/mol. The number of hydrogen-bond donors (Lipinski definition) is 0. The molecule has 0 bridgehead atoms. The van der Waals surface area contributed by atoms with Gasteiger partial charge in [0.25, 0.3) is 0 Å². The number of rotatable bonds is 1. The van der Waals surface area contributed by atoms with Crippen LogP contribution >= 0.6 is 24.8 Å². The summed E-state index contributed by atoms with van der Waals surface area (Å²) < 4.78 is 0. The van der Waals surface area contributed by atoms with E-state index in [-0.39, 0.29) is 39.7 Å². The van der Waals surface area contributed by atoms with Crippen LogP contribution in [0.5, 0.6) is 0 Å². The molecule has 3 aromatic rings. The van der Waals surface area contributed by atoms with Crippen molar-refractivity contribution in [2.75, 3.05) is 0 Å². The Hall–Kier alpha value is -0.790. The molecule has 0 fully saturated rings. The molecular formula is C30H40Cl2SiZr-4. The average Bonchev–Trinajstić information content (AvgIpc) is 3.26. The van der Waals surface area contributed by atoms with Crippen LogP contribution in [0, 0.1) is 54.5 Å². The zero-order chi connectivity index (χ0) is 22.6. The van der Waals surface area contributed by atoms with Gasteiger partial charge in [0.15, 0.2) is 0 Å². The van der Waals surface area contributed by atoms with Crippen molar-refractivity contribution >= 4 is 42.5 Å². The second-order valence-electron chi connectivity index (χ2n) is 8.27. The normalized spacial score (nSPS) is 13.5. The molecule has 2 radical (unpaired) electrons. The maximum absolute atomic E-state index is 3.36. The number of aryl methyl sites for hydroxylation is 2. The summed E-state index contributed by atoms with van der Waals surface area (Å²) in [5.41, 5.74) is 12.6. The van der Waals surface area contributed by atoms with Crippen molar-refractivity contribution in [3.05, 3.63) is 102 Å². The first kappa shape index (κ1) is 37.8. The van der Waals surface area contributed by atoms with E-state index in [0.29, 0.717) is 5.92 Å². The van der Waals surface area contributed by atoms with Crippen molar-refractivity contribution < 1.29 is 23.3 Å². The van der Waals surface area contributed by atoms with Gasteiger partial charge < -0.3 is 14.9 Å². The summed E-state index contributed by atoms with van der Waals surface area (Å²) in [4.78, 5) is 0. The van der Waals surface area contributed by atoms with E-state index in [1.807, 2.05) is 0 Å². The van der Waals surface area contributed by atoms with Crippen LogP contribution in [0.3, 0.4) is 0 Å². The third-order valence-corrected chi connectivity index (χ3v) is 6.55. The second kappa shape index (κ2) is 16.8. The van der Waals surface area contributed by atoms with Crippen LogP contribution in [0.15, 0.2) is 59.2 Å². The number of benzene rings is 2. The first-order chi connectivity index (χ1) is 14.2. The van der Waals surface area contributed by atoms with Gasteiger partial charge in [0, 0.05) is 0 Å². The Balaban J connectivity index is -0.000000555. The van der Waals surface area contributed by atoms with Crippen molar-refractivity contribution in [1.29, 1.82) is 0 Å². The molecule has 4 rings (SSSR count). The molecule has 0 nitrogen and oxygen atoms in total. The summed E-state index contributed by atoms with van der Waals surface area (Å²) in [6, 6.07) is 15.4. The molecule has 34 heavy (non-hydrogen) atoms. The van der Waals surface area contributed by atoms with Gasteiger partial charge in [-0.05, 0) is 38.8 Å². The van der Waals surface area contributed by atoms with Crippen LogP contribution in [0.2, 0.25) is 0 Å². The summed E-state index contributed by atoms with van der Waals surface area (Å²) in [6.45, 7) is 20.6. The van der Waals surface area contributed by atoms with E-state index >= 15 is 0 Å². The Morgan fingerprint density at radius 2 is 1.35 bits per heavy atom. The molecule has 0 amide bonds. The molecule has 1 unspecified atom stereocenters. The number of hydrogen-bond acceptors (Lipinski definition) is 0. The molecular weight excluding hydrogens is 551 g/mol. The molecule has 4 heteroatoms. The molecule has 186 valence electrons. The van der Waals surface area contributed by atoms with E-state index in [1.165, 1.54) is 84.2 Å². The van der Waals surface area contributed by atoms with Gasteiger partial charge in [-0.15, -0.1) is 78.4 Å². The van der Waals surface area contributed by atoms with Crippen molar-refractivity contribution in [1.82, 2.24) is 0 Å². The first-order valence-electron chi connectivity index (χ1n) is 10.5. The van der Waals surface area contributed by atoms with E-state index in [1.54, 1.807) is 0 Å². The van der Waals surface area contributed by atoms with Gasteiger partial charge in [0.2, 0.25) is 0 Å². The van der Waals surface area contributed by atoms with Gasteiger partial charge in [0.1, 0.15) is 0 Å². The van der Waals surface area contributed by atoms with Crippen molar-refractivity contribution in [3.8, 4) is 11.1 Å². The van der Waals surface area contributed by atoms with Gasteiger partial charge in [-0.25, -0.2) is 5.57 Å². The van der Waals surface area contributed by atoms with E-state index in [2.05, 4.69) is 111 Å². The minimum atomic E-state index is 0. The predicted octanol–water partition coefficient (Wildman–Crippen LogP) is 9.54. The van der Waals surface area contributed by atoms with Crippen molar-refractivity contribution in [2.24, 2.45) is 5.92 Å². The summed E-state index contributed by atoms with van der Waals surface area (Å²) in [7, 11) is 0. The van der Waals surface area contributed by atoms with E-state index in [0.717, 1.165) is 0 Å². The van der Waals surface area contributed by atoms with E-state index in [4.69, 9.17) is 0 Å². The van der Waals surface area contributed by atoms with Crippen LogP contribution in [0.1, 0.15) is 49.9 Å². The zero-order valence-corrected chi connectivity index (χ0v) is 27.5. The van der Waals surface area contributed by atoms with E-state index < -0.39 is 0 Å². The van der Waals surface area contributed by atoms with Crippen molar-refractivity contribution in [2.45, 2.75) is 55.4 Å². The molecule has 0 aromatic heterocycles. The summed E-state index contributed by atoms with van der Waals surface area (Å²) >= 11 is 1.36. The monoisotopic (exact) mass is 588 g/mol. The zero-order valence-electron chi connectivity index (χ0n) is 22.4. The molecule has 1 atom stereocenters. The molecule has 0 N–H and O–H groups in total. The van der Waals surface area contributed by atoms with Gasteiger partial charge in [0.05, 0.1) is 0 Å². The molecule has 0 saturated carbocycles. The number of allylic oxidation sites excluding steroid dienone is 4. The maximum atomic E-state index is 3.36. The first-order valence-corrected chi connectivity index (χ1v) is 14.7. The predicted molar refractivity (Wildman–Crippen MR) is 157 cm³/mol. The Morgan fingerprint density at radius 3 is 1.76 bits per heavy atom. The Bertz CT molecular complexity index is 1100. The standard InChI is InChI=1S/C19H19.C9H13.2CH3.2ClH.Si.Zr/c1-12-11-13(2)15(4)19(14(12)3)18-10-9-16-7-5-6-8-17(16)18;1-6-5-7(2)9(4)8(6)3;;;;;;/h5-11H,1-4H3;6H,1-4H3;2*1H3;2*1H;;/q4*-1;;;;. The minimum absolute atomic E-state index is 0. The molecule has 0 spiro atoms. The van der Waals surface area contributed by atoms with Crippen LogP contribution in [-0.2, 0) is 23.3 Å². The molecule has 1 aliphatic rings. The van der Waals surface area contributed by atoms with Crippen LogP contribution in [-0.4, -0.2) is 6.88 Å². The van der Waals surface area contributed by atoms with Crippen LogP contribution in [0.25, 0.3) is 21.9 Å². The molecule has 3 aromatic carbocycles. The fourth-order valence-electron chi connectivity index (χ4n) is 4.15. The van der Waals surface area contributed by atoms with Crippen LogP contribution in [0.4, 0.5) is 0 Å². The third-order valence-electron chi connectivity index (χ3n) is 6.55. The van der Waals surface area contributed by atoms with Gasteiger partial charge >= 0.3 is 30.2 Å². The quantitative estimate of drug-likeness (QED) is 0.196. The molecule has 0 heterocycles. The Morgan fingerprint density at radius 1 is 0.853 bits per heavy atom. The molecule has 1 aliphatic carbocycles. The van der Waals surface area contributed by atoms with Gasteiger partial charge in [-0.1, -0.05) is 55.5 Å². The van der Waals surface area contributed by atoms with Gasteiger partial charge in [-0.3, -0.25) is 6.08 Å². The summed E-state index contributed by atoms with van der Waals surface area (Å²) in [6.07, 6.45) is 3.36. The fraction of sp³-hybridized carbons (Fsp3) is 0.300. The second-order valence-corrected chi connectivity index (χ2v) is 8.27. The SMILES string of the molecule is CC1=[C-]C(C)C(C)=C1C.Cc1cc(C)c(C)c(-c2c[cH-]c3ccccc23)c1C.Cl.Cl.[CH3-].[CH3-].[Si]=[Zr]. The topological polar surface area (TPSA) is 0 Å². The Kier molecular flexibility index (Phi) is 18.7. The molecule has 0 aliphatic heterocycles. The molecule has 0 saturated heterocycles. The van der Waals surface area contributed by atoms with Gasteiger partial charge in [-0.2, -0.15) is 11.1 Å². The number of fused-ring (bicyclic) bond motifs is 1. The summed E-state index contributed by atoms with van der Waals surface area (Å²) in [5.74, 6) is 0.560. The Labute approximate surface area is 239 Å². The number of halogens is 2.